The van der Waals surface area contributed by atoms with Crippen molar-refractivity contribution in [1.29, 1.82) is 0 Å². The molecular formula is C19H19Cl2F3N2O2. The van der Waals surface area contributed by atoms with E-state index in [-0.39, 0.29) is 46.5 Å². The van der Waals surface area contributed by atoms with E-state index < -0.39 is 11.7 Å². The van der Waals surface area contributed by atoms with Gasteiger partial charge in [0.2, 0.25) is 0 Å². The number of carbonyl (C=O) groups is 1. The number of carbonyl (C=O) groups excluding carboxylic acids is 1. The van der Waals surface area contributed by atoms with Gasteiger partial charge in [-0.05, 0) is 43.2 Å². The molecule has 0 spiro atoms. The Hall–Kier alpha value is -1.70. The summed E-state index contributed by atoms with van der Waals surface area (Å²) in [4.78, 5) is 17.1. The van der Waals surface area contributed by atoms with Gasteiger partial charge >= 0.3 is 6.18 Å². The van der Waals surface area contributed by atoms with Gasteiger partial charge < -0.3 is 14.2 Å². The molecule has 2 bridgehead atoms. The van der Waals surface area contributed by atoms with E-state index in [1.807, 2.05) is 4.90 Å². The van der Waals surface area contributed by atoms with Crippen LogP contribution in [-0.2, 0) is 6.18 Å². The first-order valence-electron chi connectivity index (χ1n) is 8.83. The van der Waals surface area contributed by atoms with Gasteiger partial charge in [0, 0.05) is 37.8 Å². The van der Waals surface area contributed by atoms with Gasteiger partial charge in [0.25, 0.3) is 5.91 Å². The summed E-state index contributed by atoms with van der Waals surface area (Å²) in [6.45, 7) is 3.43. The first-order valence-corrected chi connectivity index (χ1v) is 9.21. The maximum absolute atomic E-state index is 13.0. The van der Waals surface area contributed by atoms with Crippen molar-refractivity contribution >= 4 is 29.9 Å². The zero-order chi connectivity index (χ0) is 19.2. The quantitative estimate of drug-likeness (QED) is 0.669. The number of fused-ring (bicyclic) bond motifs is 4. The van der Waals surface area contributed by atoms with Gasteiger partial charge in [-0.25, -0.2) is 0 Å². The first kappa shape index (κ1) is 21.0. The van der Waals surface area contributed by atoms with Crippen molar-refractivity contribution in [3.05, 3.63) is 46.7 Å². The fourth-order valence-corrected chi connectivity index (χ4v) is 3.99. The van der Waals surface area contributed by atoms with E-state index in [0.29, 0.717) is 6.54 Å². The zero-order valence-corrected chi connectivity index (χ0v) is 16.4. The standard InChI is InChI=1S/C19H18ClF3N2O2.ClH/c20-15-2-1-12(19(21,22)23)11-14(15)16-3-4-17(27-16)18(26)25-10-9-24-7-5-13(25)6-8-24;/h1-4,11,13H,5-10H2;1H. The Kier molecular flexibility index (Phi) is 5.98. The Bertz CT molecular complexity index is 861. The summed E-state index contributed by atoms with van der Waals surface area (Å²) < 4.78 is 44.6. The molecule has 0 radical (unpaired) electrons. The third-order valence-corrected chi connectivity index (χ3v) is 5.62. The van der Waals surface area contributed by atoms with Gasteiger partial charge in [-0.1, -0.05) is 11.6 Å². The summed E-state index contributed by atoms with van der Waals surface area (Å²) in [7, 11) is 0. The van der Waals surface area contributed by atoms with Gasteiger partial charge in [-0.3, -0.25) is 4.79 Å². The third-order valence-electron chi connectivity index (χ3n) is 5.29. The second-order valence-corrected chi connectivity index (χ2v) is 7.33. The maximum atomic E-state index is 13.0. The highest BCUT2D eigenvalue weighted by Crippen LogP contribution is 2.36. The minimum Gasteiger partial charge on any atom is -0.451 e. The number of nitrogens with zero attached hydrogens (tertiary/aromatic N) is 2. The van der Waals surface area contributed by atoms with Crippen LogP contribution in [-0.4, -0.2) is 47.9 Å². The number of furan rings is 1. The predicted molar refractivity (Wildman–Crippen MR) is 102 cm³/mol. The number of hydrogen-bond acceptors (Lipinski definition) is 3. The molecule has 0 unspecified atom stereocenters. The number of alkyl halides is 3. The lowest BCUT2D eigenvalue weighted by Crippen LogP contribution is -2.41. The maximum Gasteiger partial charge on any atom is 0.416 e. The first-order chi connectivity index (χ1) is 12.8. The molecule has 3 saturated heterocycles. The van der Waals surface area contributed by atoms with E-state index in [1.165, 1.54) is 18.2 Å². The molecule has 3 fully saturated rings. The van der Waals surface area contributed by atoms with E-state index in [9.17, 15) is 18.0 Å². The molecule has 4 nitrogen and oxygen atoms in total. The molecule has 9 heteroatoms. The van der Waals surface area contributed by atoms with Crippen LogP contribution in [0.3, 0.4) is 0 Å². The van der Waals surface area contributed by atoms with Gasteiger partial charge in [0.1, 0.15) is 5.76 Å². The van der Waals surface area contributed by atoms with Crippen molar-refractivity contribution in [2.45, 2.75) is 25.1 Å². The van der Waals surface area contributed by atoms with Crippen molar-refractivity contribution in [1.82, 2.24) is 9.80 Å². The van der Waals surface area contributed by atoms with Crippen LogP contribution in [0.15, 0.2) is 34.7 Å². The highest BCUT2D eigenvalue weighted by molar-refractivity contribution is 6.33. The molecule has 0 N–H and O–H groups in total. The number of amides is 1. The molecule has 0 saturated carbocycles. The molecule has 5 rings (SSSR count). The molecule has 4 heterocycles. The average Bonchev–Trinajstić information content (AvgIpc) is 2.93. The fraction of sp³-hybridized carbons (Fsp3) is 0.421. The van der Waals surface area contributed by atoms with Crippen molar-refractivity contribution in [2.24, 2.45) is 0 Å². The van der Waals surface area contributed by atoms with Crippen LogP contribution in [0.2, 0.25) is 5.02 Å². The van der Waals surface area contributed by atoms with E-state index in [2.05, 4.69) is 4.90 Å². The SMILES string of the molecule is Cl.O=C(c1ccc(-c2cc(C(F)(F)F)ccc2Cl)o1)N1CCN2CCC1CC2. The Morgan fingerprint density at radius 2 is 1.79 bits per heavy atom. The lowest BCUT2D eigenvalue weighted by Gasteiger charge is -2.30. The molecule has 0 aliphatic carbocycles. The van der Waals surface area contributed by atoms with Gasteiger partial charge in [-0.2, -0.15) is 13.2 Å². The fourth-order valence-electron chi connectivity index (χ4n) is 3.78. The van der Waals surface area contributed by atoms with Crippen LogP contribution in [0.1, 0.15) is 29.0 Å². The van der Waals surface area contributed by atoms with E-state index in [4.69, 9.17) is 16.0 Å². The molecule has 1 aromatic carbocycles. The highest BCUT2D eigenvalue weighted by atomic mass is 35.5. The molecule has 1 amide bonds. The van der Waals surface area contributed by atoms with Crippen LogP contribution < -0.4 is 0 Å². The molecule has 3 aliphatic heterocycles. The molecule has 0 atom stereocenters. The van der Waals surface area contributed by atoms with Gasteiger partial charge in [-0.15, -0.1) is 12.4 Å². The number of halogens is 5. The minimum absolute atomic E-state index is 0. The number of piperidine rings is 1. The zero-order valence-electron chi connectivity index (χ0n) is 14.8. The number of benzene rings is 1. The van der Waals surface area contributed by atoms with E-state index >= 15 is 0 Å². The normalized spacial score (nSPS) is 21.9. The summed E-state index contributed by atoms with van der Waals surface area (Å²) >= 11 is 6.06. The van der Waals surface area contributed by atoms with Gasteiger partial charge in [0.05, 0.1) is 10.6 Å². The summed E-state index contributed by atoms with van der Waals surface area (Å²) in [6, 6.07) is 6.23. The summed E-state index contributed by atoms with van der Waals surface area (Å²) in [5, 5.41) is 0.137. The van der Waals surface area contributed by atoms with Crippen molar-refractivity contribution in [3.8, 4) is 11.3 Å². The number of rotatable bonds is 2. The molecular weight excluding hydrogens is 416 g/mol. The minimum atomic E-state index is -4.48. The Balaban J connectivity index is 0.00000225. The highest BCUT2D eigenvalue weighted by Gasteiger charge is 2.34. The summed E-state index contributed by atoms with van der Waals surface area (Å²) in [6.07, 6.45) is -2.62. The van der Waals surface area contributed by atoms with Gasteiger partial charge in [0.15, 0.2) is 5.76 Å². The Labute approximate surface area is 171 Å². The predicted octanol–water partition coefficient (Wildman–Crippen LogP) is 4.96. The molecule has 2 aromatic rings. The molecule has 3 aliphatic rings. The van der Waals surface area contributed by atoms with Crippen LogP contribution >= 0.6 is 24.0 Å². The van der Waals surface area contributed by atoms with Crippen molar-refractivity contribution < 1.29 is 22.4 Å². The second kappa shape index (κ2) is 7.97. The summed E-state index contributed by atoms with van der Waals surface area (Å²) in [5.74, 6) is 0.0502. The van der Waals surface area contributed by atoms with Crippen molar-refractivity contribution in [3.63, 3.8) is 0 Å². The summed E-state index contributed by atoms with van der Waals surface area (Å²) in [5.41, 5.74) is -0.696. The van der Waals surface area contributed by atoms with E-state index in [0.717, 1.165) is 44.6 Å². The Morgan fingerprint density at radius 3 is 2.46 bits per heavy atom. The van der Waals surface area contributed by atoms with Crippen LogP contribution in [0, 0.1) is 0 Å². The monoisotopic (exact) mass is 434 g/mol. The topological polar surface area (TPSA) is 36.7 Å². The lowest BCUT2D eigenvalue weighted by molar-refractivity contribution is -0.137. The molecule has 152 valence electrons. The molecule has 28 heavy (non-hydrogen) atoms. The average molecular weight is 435 g/mol. The smallest absolute Gasteiger partial charge is 0.416 e. The Morgan fingerprint density at radius 1 is 1.07 bits per heavy atom. The van der Waals surface area contributed by atoms with Crippen LogP contribution in [0.4, 0.5) is 13.2 Å². The second-order valence-electron chi connectivity index (χ2n) is 6.93. The largest absolute Gasteiger partial charge is 0.451 e. The van der Waals surface area contributed by atoms with Crippen LogP contribution in [0.25, 0.3) is 11.3 Å². The number of hydrogen-bond donors (Lipinski definition) is 0. The third kappa shape index (κ3) is 4.02. The lowest BCUT2D eigenvalue weighted by atomic mass is 10.1. The van der Waals surface area contributed by atoms with Crippen LogP contribution in [0.5, 0.6) is 0 Å². The van der Waals surface area contributed by atoms with E-state index in [1.54, 1.807) is 0 Å². The van der Waals surface area contributed by atoms with Crippen molar-refractivity contribution in [2.75, 3.05) is 26.2 Å². The molecule has 1 aromatic heterocycles.